The van der Waals surface area contributed by atoms with E-state index in [1.54, 1.807) is 0 Å². The van der Waals surface area contributed by atoms with E-state index in [1.807, 2.05) is 6.07 Å². The summed E-state index contributed by atoms with van der Waals surface area (Å²) in [6.07, 6.45) is 0. The highest BCUT2D eigenvalue weighted by molar-refractivity contribution is 5.66. The number of nitrogens with two attached hydrogens (primary N) is 1. The highest BCUT2D eigenvalue weighted by atomic mass is 15.1. The van der Waals surface area contributed by atoms with Gasteiger partial charge in [-0.25, -0.2) is 0 Å². The number of nitrogens with one attached hydrogen (secondary N) is 1. The number of rotatable bonds is 2. The maximum Gasteiger partial charge on any atom is 0.0926 e. The Hall–Kier alpha value is -1.61. The number of aromatic amines is 1. The standard InChI is InChI=1S/C13H17N3/c1-8-4-5-12(10(3)9(8)2)13-6-11(7-14)15-16-13/h4-6H,7,14H2,1-3H3,(H,15,16). The van der Waals surface area contributed by atoms with Crippen molar-refractivity contribution in [3.63, 3.8) is 0 Å². The van der Waals surface area contributed by atoms with E-state index in [0.717, 1.165) is 11.4 Å². The fourth-order valence-corrected chi connectivity index (χ4v) is 1.84. The number of H-pyrrole nitrogens is 1. The molecule has 1 heterocycles. The molecule has 3 N–H and O–H groups in total. The molecule has 0 spiro atoms. The zero-order chi connectivity index (χ0) is 11.7. The number of benzene rings is 1. The van der Waals surface area contributed by atoms with Crippen LogP contribution in [0.3, 0.4) is 0 Å². The molecule has 0 saturated carbocycles. The summed E-state index contributed by atoms with van der Waals surface area (Å²) < 4.78 is 0. The molecule has 0 bridgehead atoms. The predicted octanol–water partition coefficient (Wildman–Crippen LogP) is 2.46. The van der Waals surface area contributed by atoms with Gasteiger partial charge in [-0.05, 0) is 43.5 Å². The minimum Gasteiger partial charge on any atom is -0.325 e. The lowest BCUT2D eigenvalue weighted by Crippen LogP contribution is -1.95. The predicted molar refractivity (Wildman–Crippen MR) is 66.1 cm³/mol. The van der Waals surface area contributed by atoms with Gasteiger partial charge in [-0.3, -0.25) is 5.10 Å². The van der Waals surface area contributed by atoms with Gasteiger partial charge in [0.25, 0.3) is 0 Å². The molecule has 1 aromatic carbocycles. The van der Waals surface area contributed by atoms with Crippen molar-refractivity contribution in [2.45, 2.75) is 27.3 Å². The van der Waals surface area contributed by atoms with Crippen molar-refractivity contribution >= 4 is 0 Å². The molecule has 0 aliphatic carbocycles. The summed E-state index contributed by atoms with van der Waals surface area (Å²) in [6, 6.07) is 6.26. The normalized spacial score (nSPS) is 10.8. The van der Waals surface area contributed by atoms with Crippen LogP contribution in [-0.2, 0) is 6.54 Å². The van der Waals surface area contributed by atoms with Gasteiger partial charge in [0.1, 0.15) is 0 Å². The van der Waals surface area contributed by atoms with Gasteiger partial charge in [-0.2, -0.15) is 5.10 Å². The van der Waals surface area contributed by atoms with Crippen LogP contribution >= 0.6 is 0 Å². The van der Waals surface area contributed by atoms with Crippen LogP contribution < -0.4 is 5.73 Å². The van der Waals surface area contributed by atoms with Gasteiger partial charge < -0.3 is 5.73 Å². The topological polar surface area (TPSA) is 54.7 Å². The Kier molecular flexibility index (Phi) is 2.79. The lowest BCUT2D eigenvalue weighted by Gasteiger charge is -2.08. The molecule has 3 heteroatoms. The smallest absolute Gasteiger partial charge is 0.0926 e. The molecule has 84 valence electrons. The second-order valence-electron chi connectivity index (χ2n) is 4.16. The Balaban J connectivity index is 2.52. The molecule has 0 aliphatic heterocycles. The lowest BCUT2D eigenvalue weighted by molar-refractivity contribution is 0.948. The number of aromatic nitrogens is 2. The van der Waals surface area contributed by atoms with Gasteiger partial charge in [-0.1, -0.05) is 12.1 Å². The molecular weight excluding hydrogens is 198 g/mol. The van der Waals surface area contributed by atoms with E-state index < -0.39 is 0 Å². The Bertz CT molecular complexity index is 512. The zero-order valence-electron chi connectivity index (χ0n) is 9.96. The summed E-state index contributed by atoms with van der Waals surface area (Å²) in [4.78, 5) is 0. The average molecular weight is 215 g/mol. The Morgan fingerprint density at radius 1 is 1.19 bits per heavy atom. The minimum absolute atomic E-state index is 0.497. The summed E-state index contributed by atoms with van der Waals surface area (Å²) in [5, 5.41) is 7.22. The second kappa shape index (κ2) is 4.10. The van der Waals surface area contributed by atoms with E-state index in [4.69, 9.17) is 5.73 Å². The molecular formula is C13H17N3. The average Bonchev–Trinajstić information content (AvgIpc) is 2.74. The van der Waals surface area contributed by atoms with Gasteiger partial charge in [0.15, 0.2) is 0 Å². The monoisotopic (exact) mass is 215 g/mol. The molecule has 2 rings (SSSR count). The fraction of sp³-hybridized carbons (Fsp3) is 0.308. The van der Waals surface area contributed by atoms with Crippen LogP contribution in [0.5, 0.6) is 0 Å². The summed E-state index contributed by atoms with van der Waals surface area (Å²) in [6.45, 7) is 6.90. The maximum absolute atomic E-state index is 5.56. The van der Waals surface area contributed by atoms with Crippen molar-refractivity contribution in [2.24, 2.45) is 5.73 Å². The van der Waals surface area contributed by atoms with Gasteiger partial charge in [0.2, 0.25) is 0 Å². The van der Waals surface area contributed by atoms with E-state index in [-0.39, 0.29) is 0 Å². The van der Waals surface area contributed by atoms with Crippen molar-refractivity contribution in [2.75, 3.05) is 0 Å². The largest absolute Gasteiger partial charge is 0.325 e. The van der Waals surface area contributed by atoms with Crippen LogP contribution in [-0.4, -0.2) is 10.2 Å². The lowest BCUT2D eigenvalue weighted by atomic mass is 9.97. The van der Waals surface area contributed by atoms with Crippen LogP contribution in [0.25, 0.3) is 11.3 Å². The number of hydrogen-bond acceptors (Lipinski definition) is 2. The van der Waals surface area contributed by atoms with Crippen molar-refractivity contribution in [3.8, 4) is 11.3 Å². The highest BCUT2D eigenvalue weighted by Crippen LogP contribution is 2.26. The van der Waals surface area contributed by atoms with E-state index in [1.165, 1.54) is 22.3 Å². The molecule has 3 nitrogen and oxygen atoms in total. The van der Waals surface area contributed by atoms with Crippen molar-refractivity contribution in [3.05, 3.63) is 40.6 Å². The molecule has 0 aliphatic rings. The fourth-order valence-electron chi connectivity index (χ4n) is 1.84. The Morgan fingerprint density at radius 3 is 2.56 bits per heavy atom. The van der Waals surface area contributed by atoms with E-state index in [0.29, 0.717) is 6.54 Å². The first-order valence-corrected chi connectivity index (χ1v) is 5.45. The second-order valence-corrected chi connectivity index (χ2v) is 4.16. The first-order chi connectivity index (χ1) is 7.63. The van der Waals surface area contributed by atoms with Crippen LogP contribution in [0.2, 0.25) is 0 Å². The third-order valence-electron chi connectivity index (χ3n) is 3.18. The molecule has 0 saturated heterocycles. The van der Waals surface area contributed by atoms with Gasteiger partial charge in [0, 0.05) is 17.8 Å². The quantitative estimate of drug-likeness (QED) is 0.808. The van der Waals surface area contributed by atoms with E-state index in [2.05, 4.69) is 43.1 Å². The molecule has 0 amide bonds. The summed E-state index contributed by atoms with van der Waals surface area (Å²) in [5.41, 5.74) is 12.6. The third-order valence-corrected chi connectivity index (χ3v) is 3.18. The number of aryl methyl sites for hydroxylation is 1. The maximum atomic E-state index is 5.56. The molecule has 16 heavy (non-hydrogen) atoms. The third kappa shape index (κ3) is 1.74. The van der Waals surface area contributed by atoms with Gasteiger partial charge in [-0.15, -0.1) is 0 Å². The zero-order valence-corrected chi connectivity index (χ0v) is 9.96. The van der Waals surface area contributed by atoms with Crippen LogP contribution in [0, 0.1) is 20.8 Å². The number of hydrogen-bond donors (Lipinski definition) is 2. The number of nitrogens with zero attached hydrogens (tertiary/aromatic N) is 1. The van der Waals surface area contributed by atoms with E-state index >= 15 is 0 Å². The Labute approximate surface area is 95.7 Å². The molecule has 2 aromatic rings. The SMILES string of the molecule is Cc1ccc(-c2cc(CN)[nH]n2)c(C)c1C. The van der Waals surface area contributed by atoms with Crippen molar-refractivity contribution < 1.29 is 0 Å². The molecule has 0 unspecified atom stereocenters. The Morgan fingerprint density at radius 2 is 1.94 bits per heavy atom. The summed E-state index contributed by atoms with van der Waals surface area (Å²) >= 11 is 0. The summed E-state index contributed by atoms with van der Waals surface area (Å²) in [5.74, 6) is 0. The molecule has 1 aromatic heterocycles. The van der Waals surface area contributed by atoms with Crippen LogP contribution in [0.1, 0.15) is 22.4 Å². The molecule has 0 atom stereocenters. The minimum atomic E-state index is 0.497. The van der Waals surface area contributed by atoms with Crippen LogP contribution in [0.4, 0.5) is 0 Å². The van der Waals surface area contributed by atoms with Gasteiger partial charge in [0.05, 0.1) is 5.69 Å². The molecule has 0 radical (unpaired) electrons. The van der Waals surface area contributed by atoms with Crippen LogP contribution in [0.15, 0.2) is 18.2 Å². The summed E-state index contributed by atoms with van der Waals surface area (Å²) in [7, 11) is 0. The molecule has 0 fully saturated rings. The first-order valence-electron chi connectivity index (χ1n) is 5.45. The van der Waals surface area contributed by atoms with E-state index in [9.17, 15) is 0 Å². The van der Waals surface area contributed by atoms with Crippen molar-refractivity contribution in [1.29, 1.82) is 0 Å². The van der Waals surface area contributed by atoms with Crippen molar-refractivity contribution in [1.82, 2.24) is 10.2 Å². The van der Waals surface area contributed by atoms with Gasteiger partial charge >= 0.3 is 0 Å². The first kappa shape index (κ1) is 10.9. The highest BCUT2D eigenvalue weighted by Gasteiger charge is 2.08.